The van der Waals surface area contributed by atoms with Gasteiger partial charge in [-0.05, 0) is 6.07 Å². The molecular formula is C9H11N3O2S. The average molecular weight is 225 g/mol. The van der Waals surface area contributed by atoms with Crippen molar-refractivity contribution in [2.45, 2.75) is 12.5 Å². The van der Waals surface area contributed by atoms with Crippen molar-refractivity contribution in [3.8, 4) is 6.01 Å². The van der Waals surface area contributed by atoms with Crippen molar-refractivity contribution in [3.05, 3.63) is 18.0 Å². The van der Waals surface area contributed by atoms with Crippen LogP contribution in [0.3, 0.4) is 0 Å². The molecule has 0 saturated carbocycles. The number of thiocarbonyl (C=S) groups is 1. The van der Waals surface area contributed by atoms with Crippen molar-refractivity contribution in [2.75, 3.05) is 13.2 Å². The highest BCUT2D eigenvalue weighted by atomic mass is 32.1. The molecule has 80 valence electrons. The summed E-state index contributed by atoms with van der Waals surface area (Å²) in [5.74, 6) is 0. The molecule has 15 heavy (non-hydrogen) atoms. The van der Waals surface area contributed by atoms with Crippen LogP contribution < -0.4 is 10.5 Å². The molecule has 1 unspecified atom stereocenters. The molecule has 1 aliphatic rings. The van der Waals surface area contributed by atoms with Gasteiger partial charge in [0, 0.05) is 12.6 Å². The number of rotatable bonds is 3. The van der Waals surface area contributed by atoms with E-state index in [4.69, 9.17) is 27.4 Å². The van der Waals surface area contributed by atoms with Gasteiger partial charge in [0.05, 0.1) is 13.2 Å². The molecule has 5 nitrogen and oxygen atoms in total. The van der Waals surface area contributed by atoms with Crippen LogP contribution in [-0.4, -0.2) is 34.3 Å². The number of nitrogens with two attached hydrogens (primary N) is 1. The lowest BCUT2D eigenvalue weighted by Crippen LogP contribution is -2.19. The lowest BCUT2D eigenvalue weighted by Gasteiger charge is -2.09. The summed E-state index contributed by atoms with van der Waals surface area (Å²) < 4.78 is 10.7. The molecule has 2 N–H and O–H groups in total. The van der Waals surface area contributed by atoms with Gasteiger partial charge in [0.2, 0.25) is 0 Å². The quantitative estimate of drug-likeness (QED) is 0.745. The van der Waals surface area contributed by atoms with Crippen LogP contribution in [-0.2, 0) is 4.74 Å². The van der Waals surface area contributed by atoms with Gasteiger partial charge in [0.25, 0.3) is 0 Å². The Balaban J connectivity index is 2.07. The van der Waals surface area contributed by atoms with Crippen molar-refractivity contribution in [3.63, 3.8) is 0 Å². The maximum atomic E-state index is 5.50. The monoisotopic (exact) mass is 225 g/mol. The fourth-order valence-corrected chi connectivity index (χ4v) is 1.40. The largest absolute Gasteiger partial charge is 0.458 e. The molecule has 0 amide bonds. The summed E-state index contributed by atoms with van der Waals surface area (Å²) >= 11 is 4.81. The Morgan fingerprint density at radius 2 is 2.53 bits per heavy atom. The highest BCUT2D eigenvalue weighted by Gasteiger charge is 2.18. The third kappa shape index (κ3) is 2.60. The third-order valence-corrected chi connectivity index (χ3v) is 2.26. The average Bonchev–Trinajstić information content (AvgIpc) is 2.71. The second-order valence-corrected chi connectivity index (χ2v) is 3.63. The Morgan fingerprint density at radius 1 is 1.67 bits per heavy atom. The summed E-state index contributed by atoms with van der Waals surface area (Å²) in [6.07, 6.45) is 2.47. The van der Waals surface area contributed by atoms with Crippen LogP contribution in [0.5, 0.6) is 6.01 Å². The number of hydrogen-bond donors (Lipinski definition) is 1. The van der Waals surface area contributed by atoms with Gasteiger partial charge >= 0.3 is 6.01 Å². The predicted molar refractivity (Wildman–Crippen MR) is 57.8 cm³/mol. The maximum absolute atomic E-state index is 5.50. The fourth-order valence-electron chi connectivity index (χ4n) is 1.29. The van der Waals surface area contributed by atoms with Crippen molar-refractivity contribution in [1.82, 2.24) is 9.97 Å². The summed E-state index contributed by atoms with van der Waals surface area (Å²) in [5.41, 5.74) is 5.97. The molecule has 0 aromatic carbocycles. The number of hydrogen-bond acceptors (Lipinski definition) is 5. The molecule has 0 spiro atoms. The Morgan fingerprint density at radius 3 is 3.20 bits per heavy atom. The van der Waals surface area contributed by atoms with E-state index < -0.39 is 0 Å². The van der Waals surface area contributed by atoms with E-state index in [0.29, 0.717) is 18.3 Å². The van der Waals surface area contributed by atoms with Crippen LogP contribution in [0, 0.1) is 0 Å². The summed E-state index contributed by atoms with van der Waals surface area (Å²) in [7, 11) is 0. The van der Waals surface area contributed by atoms with Gasteiger partial charge in [-0.15, -0.1) is 0 Å². The molecule has 1 saturated heterocycles. The van der Waals surface area contributed by atoms with Gasteiger partial charge in [-0.3, -0.25) is 0 Å². The first-order chi connectivity index (χ1) is 7.25. The SMILES string of the molecule is NC(=S)c1ccnc(OC2CCOC2)n1. The summed E-state index contributed by atoms with van der Waals surface area (Å²) in [6.45, 7) is 1.31. The molecular weight excluding hydrogens is 214 g/mol. The van der Waals surface area contributed by atoms with Crippen molar-refractivity contribution in [1.29, 1.82) is 0 Å². The smallest absolute Gasteiger partial charge is 0.317 e. The number of aromatic nitrogens is 2. The van der Waals surface area contributed by atoms with Gasteiger partial charge in [0.1, 0.15) is 16.8 Å². The standard InChI is InChI=1S/C9H11N3O2S/c10-8(15)7-1-3-11-9(12-7)14-6-2-4-13-5-6/h1,3,6H,2,4-5H2,(H2,10,15). The van der Waals surface area contributed by atoms with E-state index in [1.165, 1.54) is 0 Å². The molecule has 1 aliphatic heterocycles. The van der Waals surface area contributed by atoms with Crippen LogP contribution in [0.1, 0.15) is 12.1 Å². The number of nitrogens with zero attached hydrogens (tertiary/aromatic N) is 2. The van der Waals surface area contributed by atoms with Crippen LogP contribution in [0.2, 0.25) is 0 Å². The first kappa shape index (κ1) is 10.3. The third-order valence-electron chi connectivity index (χ3n) is 2.05. The Kier molecular flexibility index (Phi) is 3.08. The second-order valence-electron chi connectivity index (χ2n) is 3.19. The maximum Gasteiger partial charge on any atom is 0.317 e. The Hall–Kier alpha value is -1.27. The molecule has 1 fully saturated rings. The van der Waals surface area contributed by atoms with Crippen LogP contribution >= 0.6 is 12.2 Å². The first-order valence-corrected chi connectivity index (χ1v) is 5.04. The van der Waals surface area contributed by atoms with Crippen molar-refractivity contribution >= 4 is 17.2 Å². The highest BCUT2D eigenvalue weighted by Crippen LogP contribution is 2.12. The minimum absolute atomic E-state index is 0.0339. The molecule has 0 aliphatic carbocycles. The lowest BCUT2D eigenvalue weighted by molar-refractivity contribution is 0.134. The first-order valence-electron chi connectivity index (χ1n) is 4.63. The molecule has 0 bridgehead atoms. The number of ether oxygens (including phenoxy) is 2. The summed E-state index contributed by atoms with van der Waals surface area (Å²) in [4.78, 5) is 8.30. The lowest BCUT2D eigenvalue weighted by atomic mass is 10.3. The minimum atomic E-state index is 0.0339. The van der Waals surface area contributed by atoms with E-state index in [9.17, 15) is 0 Å². The Labute approximate surface area is 92.6 Å². The van der Waals surface area contributed by atoms with Crippen LogP contribution in [0.15, 0.2) is 12.3 Å². The van der Waals surface area contributed by atoms with Gasteiger partial charge in [-0.25, -0.2) is 4.98 Å². The van der Waals surface area contributed by atoms with E-state index in [1.807, 2.05) is 0 Å². The summed E-state index contributed by atoms with van der Waals surface area (Å²) in [5, 5.41) is 0. The van der Waals surface area contributed by atoms with Gasteiger partial charge < -0.3 is 15.2 Å². The Bertz CT molecular complexity index is 366. The molecule has 2 heterocycles. The van der Waals surface area contributed by atoms with Gasteiger partial charge in [-0.2, -0.15) is 4.98 Å². The summed E-state index contributed by atoms with van der Waals surface area (Å²) in [6, 6.07) is 1.95. The zero-order valence-corrected chi connectivity index (χ0v) is 8.87. The van der Waals surface area contributed by atoms with E-state index >= 15 is 0 Å². The molecule has 0 radical (unpaired) electrons. The molecule has 1 atom stereocenters. The van der Waals surface area contributed by atoms with Crippen molar-refractivity contribution < 1.29 is 9.47 Å². The molecule has 6 heteroatoms. The topological polar surface area (TPSA) is 70.3 Å². The van der Waals surface area contributed by atoms with Crippen molar-refractivity contribution in [2.24, 2.45) is 5.73 Å². The van der Waals surface area contributed by atoms with E-state index in [0.717, 1.165) is 13.0 Å². The zero-order chi connectivity index (χ0) is 10.7. The molecule has 1 aromatic rings. The fraction of sp³-hybridized carbons (Fsp3) is 0.444. The zero-order valence-electron chi connectivity index (χ0n) is 8.05. The molecule has 1 aromatic heterocycles. The van der Waals surface area contributed by atoms with E-state index in [2.05, 4.69) is 9.97 Å². The minimum Gasteiger partial charge on any atom is -0.458 e. The van der Waals surface area contributed by atoms with Gasteiger partial charge in [0.15, 0.2) is 0 Å². The predicted octanol–water partition coefficient (Wildman–Crippen LogP) is 0.278. The normalized spacial score (nSPS) is 20.1. The molecule has 2 rings (SSSR count). The van der Waals surface area contributed by atoms with Gasteiger partial charge in [-0.1, -0.05) is 12.2 Å². The van der Waals surface area contributed by atoms with E-state index in [1.54, 1.807) is 12.3 Å². The highest BCUT2D eigenvalue weighted by molar-refractivity contribution is 7.80. The van der Waals surface area contributed by atoms with Crippen LogP contribution in [0.25, 0.3) is 0 Å². The second kappa shape index (κ2) is 4.50. The van der Waals surface area contributed by atoms with Crippen LogP contribution in [0.4, 0.5) is 0 Å². The van der Waals surface area contributed by atoms with E-state index in [-0.39, 0.29) is 11.1 Å².